The Morgan fingerprint density at radius 3 is 2.68 bits per heavy atom. The highest BCUT2D eigenvalue weighted by atomic mass is 32.1. The highest BCUT2D eigenvalue weighted by molar-refractivity contribution is 7.07. The summed E-state index contributed by atoms with van der Waals surface area (Å²) in [5, 5.41) is 3.78. The van der Waals surface area contributed by atoms with Crippen molar-refractivity contribution in [1.29, 1.82) is 0 Å². The van der Waals surface area contributed by atoms with Crippen LogP contribution in [0, 0.1) is 6.92 Å². The topological polar surface area (TPSA) is 92.7 Å². The van der Waals surface area contributed by atoms with Crippen molar-refractivity contribution in [2.24, 2.45) is 0 Å². The number of hydrogen-bond acceptors (Lipinski definition) is 7. The van der Waals surface area contributed by atoms with Crippen LogP contribution in [0.5, 0.6) is 0 Å². The molecule has 3 heterocycles. The van der Waals surface area contributed by atoms with Crippen LogP contribution in [0.25, 0.3) is 0 Å². The molecule has 100 valence electrons. The lowest BCUT2D eigenvalue weighted by Gasteiger charge is -2.41. The minimum atomic E-state index is -0.627. The molecular weight excluding hydrogens is 272 g/mol. The van der Waals surface area contributed by atoms with Gasteiger partial charge >= 0.3 is 6.09 Å². The number of carbonyl (C=O) groups is 3. The first kappa shape index (κ1) is 12.0. The van der Waals surface area contributed by atoms with E-state index in [9.17, 15) is 14.4 Å². The molecule has 0 aliphatic carbocycles. The summed E-state index contributed by atoms with van der Waals surface area (Å²) in [6.45, 7) is 2.17. The largest absolute Gasteiger partial charge is 0.439 e. The van der Waals surface area contributed by atoms with E-state index in [1.165, 1.54) is 0 Å². The fourth-order valence-corrected chi connectivity index (χ4v) is 2.70. The Labute approximate surface area is 112 Å². The summed E-state index contributed by atoms with van der Waals surface area (Å²) in [7, 11) is 0. The molecule has 0 bridgehead atoms. The van der Waals surface area contributed by atoms with Crippen LogP contribution in [0.2, 0.25) is 0 Å². The molecule has 3 rings (SSSR count). The molecule has 2 fully saturated rings. The van der Waals surface area contributed by atoms with Crippen molar-refractivity contribution >= 4 is 29.4 Å². The van der Waals surface area contributed by atoms with Crippen LogP contribution in [0.3, 0.4) is 0 Å². The number of nitrogens with zero attached hydrogens (tertiary/aromatic N) is 4. The number of aryl methyl sites for hydroxylation is 1. The Morgan fingerprint density at radius 1 is 1.42 bits per heavy atom. The molecule has 9 heteroatoms. The van der Waals surface area contributed by atoms with Crippen LogP contribution >= 0.6 is 11.5 Å². The fourth-order valence-electron chi connectivity index (χ4n) is 2.07. The predicted octanol–water partition coefficient (Wildman–Crippen LogP) is -0.350. The van der Waals surface area contributed by atoms with Gasteiger partial charge in [0.2, 0.25) is 0 Å². The summed E-state index contributed by atoms with van der Waals surface area (Å²) in [6, 6.07) is -0.285. The molecule has 0 unspecified atom stereocenters. The van der Waals surface area contributed by atoms with E-state index >= 15 is 0 Å². The lowest BCUT2D eigenvalue weighted by atomic mass is 10.1. The summed E-state index contributed by atoms with van der Waals surface area (Å²) in [4.78, 5) is 38.0. The van der Waals surface area contributed by atoms with E-state index in [-0.39, 0.29) is 24.5 Å². The van der Waals surface area contributed by atoms with Gasteiger partial charge < -0.3 is 9.64 Å². The fraction of sp³-hybridized carbons (Fsp3) is 0.500. The molecule has 0 spiro atoms. The van der Waals surface area contributed by atoms with Crippen molar-refractivity contribution in [3.8, 4) is 0 Å². The van der Waals surface area contributed by atoms with Gasteiger partial charge in [-0.3, -0.25) is 9.59 Å². The highest BCUT2D eigenvalue weighted by Gasteiger charge is 2.44. The van der Waals surface area contributed by atoms with Crippen LogP contribution in [0.4, 0.5) is 4.79 Å². The van der Waals surface area contributed by atoms with E-state index in [1.54, 1.807) is 11.8 Å². The number of carbonyl (C=O) groups excluding carboxylic acids is 3. The normalized spacial score (nSPS) is 19.6. The maximum Gasteiger partial charge on any atom is 0.417 e. The number of imide groups is 1. The van der Waals surface area contributed by atoms with E-state index < -0.39 is 6.09 Å². The molecule has 2 aliphatic rings. The first-order valence-corrected chi connectivity index (χ1v) is 6.42. The molecule has 2 saturated heterocycles. The molecule has 2 aliphatic heterocycles. The van der Waals surface area contributed by atoms with Gasteiger partial charge in [0.1, 0.15) is 4.88 Å². The second-order valence-corrected chi connectivity index (χ2v) is 5.12. The SMILES string of the molecule is Cc1nnsc1C(=O)N1CC(N2C(=O)COC2=O)C1. The highest BCUT2D eigenvalue weighted by Crippen LogP contribution is 2.23. The first-order chi connectivity index (χ1) is 9.08. The Hall–Kier alpha value is -2.03. The quantitative estimate of drug-likeness (QED) is 0.736. The minimum Gasteiger partial charge on any atom is -0.439 e. The van der Waals surface area contributed by atoms with Crippen LogP contribution < -0.4 is 0 Å². The van der Waals surface area contributed by atoms with E-state index in [1.807, 2.05) is 0 Å². The van der Waals surface area contributed by atoms with Gasteiger partial charge in [-0.05, 0) is 18.5 Å². The van der Waals surface area contributed by atoms with E-state index in [0.717, 1.165) is 16.4 Å². The maximum absolute atomic E-state index is 12.1. The van der Waals surface area contributed by atoms with Crippen LogP contribution in [0.1, 0.15) is 15.4 Å². The zero-order valence-corrected chi connectivity index (χ0v) is 10.8. The molecule has 1 aromatic rings. The molecule has 8 nitrogen and oxygen atoms in total. The maximum atomic E-state index is 12.1. The number of ether oxygens (including phenoxy) is 1. The van der Waals surface area contributed by atoms with Gasteiger partial charge in [-0.15, -0.1) is 5.10 Å². The van der Waals surface area contributed by atoms with Gasteiger partial charge in [-0.2, -0.15) is 0 Å². The molecule has 1 aromatic heterocycles. The minimum absolute atomic E-state index is 0.163. The molecule has 0 atom stereocenters. The number of rotatable bonds is 2. The second kappa shape index (κ2) is 4.26. The molecular formula is C10H10N4O4S. The van der Waals surface area contributed by atoms with Crippen molar-refractivity contribution in [2.45, 2.75) is 13.0 Å². The van der Waals surface area contributed by atoms with E-state index in [2.05, 4.69) is 14.3 Å². The first-order valence-electron chi connectivity index (χ1n) is 5.65. The molecule has 0 N–H and O–H groups in total. The third-order valence-corrected chi connectivity index (χ3v) is 3.96. The summed E-state index contributed by atoms with van der Waals surface area (Å²) >= 11 is 1.05. The number of amides is 3. The van der Waals surface area contributed by atoms with Crippen molar-refractivity contribution in [3.63, 3.8) is 0 Å². The lowest BCUT2D eigenvalue weighted by molar-refractivity contribution is -0.129. The van der Waals surface area contributed by atoms with Gasteiger partial charge in [0.15, 0.2) is 6.61 Å². The van der Waals surface area contributed by atoms with E-state index in [4.69, 9.17) is 0 Å². The molecule has 0 radical (unpaired) electrons. The average Bonchev–Trinajstić information content (AvgIpc) is 2.87. The van der Waals surface area contributed by atoms with Gasteiger partial charge in [0.25, 0.3) is 11.8 Å². The standard InChI is InChI=1S/C10H10N4O4S/c1-5-8(19-12-11-5)9(16)13-2-6(3-13)14-7(15)4-18-10(14)17/h6H,2-4H2,1H3. The van der Waals surface area contributed by atoms with Gasteiger partial charge in [-0.1, -0.05) is 4.49 Å². The Balaban J connectivity index is 1.64. The number of aromatic nitrogens is 2. The van der Waals surface area contributed by atoms with Crippen LogP contribution in [-0.4, -0.2) is 63.0 Å². The second-order valence-electron chi connectivity index (χ2n) is 4.37. The summed E-state index contributed by atoms with van der Waals surface area (Å²) in [6.07, 6.45) is -0.627. The van der Waals surface area contributed by atoms with Crippen molar-refractivity contribution < 1.29 is 19.1 Å². The Kier molecular flexibility index (Phi) is 2.70. The lowest BCUT2D eigenvalue weighted by Crippen LogP contribution is -2.62. The van der Waals surface area contributed by atoms with Crippen molar-refractivity contribution in [2.75, 3.05) is 19.7 Å². The Morgan fingerprint density at radius 2 is 2.16 bits per heavy atom. The third-order valence-electron chi connectivity index (χ3n) is 3.14. The average molecular weight is 282 g/mol. The van der Waals surface area contributed by atoms with Crippen molar-refractivity contribution in [3.05, 3.63) is 10.6 Å². The smallest absolute Gasteiger partial charge is 0.417 e. The monoisotopic (exact) mass is 282 g/mol. The van der Waals surface area contributed by atoms with Gasteiger partial charge in [0.05, 0.1) is 11.7 Å². The summed E-state index contributed by atoms with van der Waals surface area (Å²) in [5.74, 6) is -0.513. The number of cyclic esters (lactones) is 1. The molecule has 3 amide bonds. The zero-order chi connectivity index (χ0) is 13.6. The van der Waals surface area contributed by atoms with E-state index in [0.29, 0.717) is 23.7 Å². The van der Waals surface area contributed by atoms with Gasteiger partial charge in [-0.25, -0.2) is 9.69 Å². The summed E-state index contributed by atoms with van der Waals surface area (Å²) < 4.78 is 8.35. The summed E-state index contributed by atoms with van der Waals surface area (Å²) in [5.41, 5.74) is 0.593. The van der Waals surface area contributed by atoms with Crippen molar-refractivity contribution in [1.82, 2.24) is 19.4 Å². The molecule has 0 saturated carbocycles. The Bertz CT molecular complexity index is 550. The molecule has 0 aromatic carbocycles. The zero-order valence-electron chi connectivity index (χ0n) is 10.0. The van der Waals surface area contributed by atoms with Gasteiger partial charge in [0, 0.05) is 13.1 Å². The number of likely N-dealkylation sites (tertiary alicyclic amines) is 1. The molecule has 19 heavy (non-hydrogen) atoms. The number of hydrogen-bond donors (Lipinski definition) is 0. The predicted molar refractivity (Wildman–Crippen MR) is 62.5 cm³/mol. The van der Waals surface area contributed by atoms with Crippen LogP contribution in [0.15, 0.2) is 0 Å². The third kappa shape index (κ3) is 1.86. The van der Waals surface area contributed by atoms with Crippen LogP contribution in [-0.2, 0) is 9.53 Å².